The lowest BCUT2D eigenvalue weighted by atomic mass is 10.2. The number of benzene rings is 1. The first-order valence-corrected chi connectivity index (χ1v) is 8.03. The number of rotatable bonds is 2. The molecule has 1 N–H and O–H groups in total. The summed E-state index contributed by atoms with van der Waals surface area (Å²) in [5.74, 6) is -0.749. The smallest absolute Gasteiger partial charge is 0.501 e. The number of aromatic nitrogens is 1. The maximum atomic E-state index is 12.8. The first-order valence-electron chi connectivity index (χ1n) is 6.17. The van der Waals surface area contributed by atoms with E-state index < -0.39 is 48.4 Å². The molecule has 0 spiro atoms. The van der Waals surface area contributed by atoms with Crippen LogP contribution in [-0.4, -0.2) is 19.0 Å². The Balaban J connectivity index is 2.70. The highest BCUT2D eigenvalue weighted by atomic mass is 35.5. The van der Waals surface area contributed by atoms with Gasteiger partial charge in [-0.2, -0.15) is 30.9 Å². The van der Waals surface area contributed by atoms with Crippen molar-refractivity contribution in [3.05, 3.63) is 47.2 Å². The summed E-state index contributed by atoms with van der Waals surface area (Å²) in [6.45, 7) is 0. The summed E-state index contributed by atoms with van der Waals surface area (Å²) in [7, 11) is -5.75. The van der Waals surface area contributed by atoms with Gasteiger partial charge in [0.2, 0.25) is 0 Å². The molecule has 25 heavy (non-hydrogen) atoms. The number of phenols is 1. The average molecular weight is 407 g/mol. The molecule has 0 unspecified atom stereocenters. The van der Waals surface area contributed by atoms with Crippen molar-refractivity contribution in [1.82, 2.24) is 0 Å². The van der Waals surface area contributed by atoms with Gasteiger partial charge in [-0.25, -0.2) is 8.42 Å². The highest BCUT2D eigenvalue weighted by Gasteiger charge is 2.47. The van der Waals surface area contributed by atoms with E-state index in [9.17, 15) is 39.9 Å². The Morgan fingerprint density at radius 3 is 2.12 bits per heavy atom. The number of hydrogen-bond donors (Lipinski definition) is 1. The van der Waals surface area contributed by atoms with Gasteiger partial charge in [0.05, 0.1) is 4.90 Å². The van der Waals surface area contributed by atoms with Gasteiger partial charge in [-0.15, -0.1) is 0 Å². The molecule has 12 heteroatoms. The van der Waals surface area contributed by atoms with E-state index in [1.54, 1.807) is 0 Å². The average Bonchev–Trinajstić information content (AvgIpc) is 2.44. The largest absolute Gasteiger partial charge is 0.502 e. The molecule has 136 valence electrons. The second-order valence-electron chi connectivity index (χ2n) is 4.75. The van der Waals surface area contributed by atoms with Crippen molar-refractivity contribution in [2.45, 2.75) is 16.6 Å². The van der Waals surface area contributed by atoms with Gasteiger partial charge in [-0.05, 0) is 18.2 Å². The molecule has 0 saturated carbocycles. The SMILES string of the molecule is O=S(=O)(c1ccc(O)c(-[n+]2cc(Cl)cc(C(F)(F)F)c2)c1)C(F)(F)F. The highest BCUT2D eigenvalue weighted by molar-refractivity contribution is 7.92. The second kappa shape index (κ2) is 6.06. The van der Waals surface area contributed by atoms with Crippen LogP contribution in [0.3, 0.4) is 0 Å². The molecule has 0 bridgehead atoms. The van der Waals surface area contributed by atoms with Gasteiger partial charge in [0.25, 0.3) is 15.5 Å². The summed E-state index contributed by atoms with van der Waals surface area (Å²) in [6.07, 6.45) is -3.50. The van der Waals surface area contributed by atoms with Crippen LogP contribution >= 0.6 is 11.6 Å². The first kappa shape index (κ1) is 19.3. The van der Waals surface area contributed by atoms with Crippen LogP contribution in [0.15, 0.2) is 41.6 Å². The van der Waals surface area contributed by atoms with Gasteiger partial charge >= 0.3 is 11.7 Å². The third-order valence-electron chi connectivity index (χ3n) is 3.00. The maximum absolute atomic E-state index is 12.8. The van der Waals surface area contributed by atoms with E-state index in [2.05, 4.69) is 0 Å². The first-order chi connectivity index (χ1) is 11.2. The number of pyridine rings is 1. The minimum atomic E-state index is -5.75. The van der Waals surface area contributed by atoms with E-state index in [0.29, 0.717) is 35.0 Å². The second-order valence-corrected chi connectivity index (χ2v) is 7.13. The van der Waals surface area contributed by atoms with Gasteiger partial charge in [0.15, 0.2) is 18.1 Å². The monoisotopic (exact) mass is 406 g/mol. The zero-order valence-electron chi connectivity index (χ0n) is 11.7. The normalized spacial score (nSPS) is 13.1. The fourth-order valence-corrected chi connectivity index (χ4v) is 2.85. The van der Waals surface area contributed by atoms with Crippen LogP contribution in [0.25, 0.3) is 5.69 Å². The van der Waals surface area contributed by atoms with E-state index in [4.69, 9.17) is 11.6 Å². The van der Waals surface area contributed by atoms with Crippen molar-refractivity contribution in [3.63, 3.8) is 0 Å². The standard InChI is InChI=1S/C13H6ClF6NO3S/c14-8-3-7(12(15,16)17)5-21(6-8)10-4-9(1-2-11(10)22)25(23,24)13(18,19)20/h1-6H/p+1. The molecule has 0 fully saturated rings. The fourth-order valence-electron chi connectivity index (χ4n) is 1.85. The maximum Gasteiger partial charge on any atom is 0.501 e. The molecule has 1 aromatic heterocycles. The van der Waals surface area contributed by atoms with Crippen LogP contribution in [0.2, 0.25) is 5.02 Å². The minimum Gasteiger partial charge on any atom is -0.502 e. The molecule has 0 atom stereocenters. The molecule has 0 radical (unpaired) electrons. The molecule has 1 aromatic carbocycles. The number of sulfone groups is 1. The van der Waals surface area contributed by atoms with Crippen LogP contribution < -0.4 is 4.57 Å². The molecule has 2 rings (SSSR count). The van der Waals surface area contributed by atoms with Crippen LogP contribution in [0.1, 0.15) is 5.56 Å². The topological polar surface area (TPSA) is 58.3 Å². The number of nitrogens with zero attached hydrogens (tertiary/aromatic N) is 1. The molecular formula is C13H7ClF6NO3S+. The molecule has 4 nitrogen and oxygen atoms in total. The fraction of sp³-hybridized carbons (Fsp3) is 0.154. The van der Waals surface area contributed by atoms with Crippen molar-refractivity contribution in [2.24, 2.45) is 0 Å². The summed E-state index contributed by atoms with van der Waals surface area (Å²) in [5.41, 5.74) is -7.49. The Kier molecular flexibility index (Phi) is 4.68. The van der Waals surface area contributed by atoms with Crippen molar-refractivity contribution < 1.29 is 44.4 Å². The van der Waals surface area contributed by atoms with E-state index in [-0.39, 0.29) is 0 Å². The number of halogens is 7. The van der Waals surface area contributed by atoms with Crippen LogP contribution in [0.5, 0.6) is 5.75 Å². The number of aromatic hydroxyl groups is 1. The summed E-state index contributed by atoms with van der Waals surface area (Å²) in [4.78, 5) is -1.24. The lowest BCUT2D eigenvalue weighted by molar-refractivity contribution is -0.597. The van der Waals surface area contributed by atoms with Gasteiger partial charge in [-0.3, -0.25) is 0 Å². The number of hydrogen-bond acceptors (Lipinski definition) is 3. The van der Waals surface area contributed by atoms with Crippen molar-refractivity contribution in [2.75, 3.05) is 0 Å². The summed E-state index contributed by atoms with van der Waals surface area (Å²) >= 11 is 5.56. The van der Waals surface area contributed by atoms with Crippen molar-refractivity contribution >= 4 is 21.4 Å². The summed E-state index contributed by atoms with van der Waals surface area (Å²) in [5, 5.41) is 9.29. The quantitative estimate of drug-likeness (QED) is 0.612. The molecule has 2 aromatic rings. The van der Waals surface area contributed by atoms with Crippen molar-refractivity contribution in [1.29, 1.82) is 0 Å². The number of alkyl halides is 6. The van der Waals surface area contributed by atoms with E-state index in [1.807, 2.05) is 0 Å². The predicted molar refractivity (Wildman–Crippen MR) is 72.9 cm³/mol. The predicted octanol–water partition coefficient (Wildman–Crippen LogP) is 3.63. The zero-order chi connectivity index (χ0) is 19.2. The highest BCUT2D eigenvalue weighted by Crippen LogP contribution is 2.33. The van der Waals surface area contributed by atoms with Crippen LogP contribution in [0.4, 0.5) is 26.3 Å². The lowest BCUT2D eigenvalue weighted by Gasteiger charge is -2.09. The van der Waals surface area contributed by atoms with Crippen LogP contribution in [-0.2, 0) is 16.0 Å². The Morgan fingerprint density at radius 1 is 1.00 bits per heavy atom. The Hall–Kier alpha value is -2.01. The van der Waals surface area contributed by atoms with E-state index in [0.717, 1.165) is 6.20 Å². The summed E-state index contributed by atoms with van der Waals surface area (Å²) in [6, 6.07) is 2.06. The Bertz CT molecular complexity index is 924. The third kappa shape index (κ3) is 3.82. The van der Waals surface area contributed by atoms with Gasteiger partial charge in [0, 0.05) is 6.07 Å². The minimum absolute atomic E-state index is 0.397. The molecule has 0 aliphatic rings. The van der Waals surface area contributed by atoms with Crippen molar-refractivity contribution in [3.8, 4) is 11.4 Å². The third-order valence-corrected chi connectivity index (χ3v) is 4.69. The molecule has 1 heterocycles. The molecular weight excluding hydrogens is 400 g/mol. The summed E-state index contributed by atoms with van der Waals surface area (Å²) < 4.78 is 99.7. The van der Waals surface area contributed by atoms with Gasteiger partial charge < -0.3 is 5.11 Å². The molecule has 0 aliphatic carbocycles. The van der Waals surface area contributed by atoms with E-state index in [1.165, 1.54) is 0 Å². The number of phenolic OH excluding ortho intramolecular Hbond substituents is 1. The Morgan fingerprint density at radius 2 is 1.60 bits per heavy atom. The molecule has 0 saturated heterocycles. The Labute approximate surface area is 141 Å². The van der Waals surface area contributed by atoms with Crippen LogP contribution in [0, 0.1) is 0 Å². The van der Waals surface area contributed by atoms with Gasteiger partial charge in [-0.1, -0.05) is 11.6 Å². The molecule has 0 amide bonds. The zero-order valence-corrected chi connectivity index (χ0v) is 13.3. The van der Waals surface area contributed by atoms with Gasteiger partial charge in [0.1, 0.15) is 10.6 Å². The lowest BCUT2D eigenvalue weighted by Crippen LogP contribution is -2.32. The van der Waals surface area contributed by atoms with E-state index >= 15 is 0 Å². The molecule has 0 aliphatic heterocycles.